The van der Waals surface area contributed by atoms with Gasteiger partial charge in [-0.1, -0.05) is 91.7 Å². The van der Waals surface area contributed by atoms with Crippen LogP contribution in [0.25, 0.3) is 0 Å². The SMILES string of the molecule is C#Cc1ccccc1C(C(=O)NCc1ccccc1)N(C(=O)C(Cc1ccccc1)NC(=O)OC(C)(C)C)C(C)(C)CC. The molecule has 0 aliphatic carbocycles. The summed E-state index contributed by atoms with van der Waals surface area (Å²) in [4.78, 5) is 43.6. The standard InChI is InChI=1S/C36H43N3O4/c1-8-28-22-16-17-23-29(28)31(32(40)37-25-27-20-14-11-15-21-27)39(36(6,7)9-2)33(41)30(24-26-18-12-10-13-19-26)38-34(42)43-35(3,4)5/h1,10-23,30-31H,9,24-25H2,2-7H3,(H,37,40)(H,38,42). The summed E-state index contributed by atoms with van der Waals surface area (Å²) in [6.07, 6.45) is 5.91. The summed E-state index contributed by atoms with van der Waals surface area (Å²) in [6.45, 7) is 11.3. The van der Waals surface area contributed by atoms with Gasteiger partial charge in [-0.25, -0.2) is 4.79 Å². The molecule has 0 bridgehead atoms. The summed E-state index contributed by atoms with van der Waals surface area (Å²) >= 11 is 0. The molecule has 2 unspecified atom stereocenters. The molecule has 0 radical (unpaired) electrons. The first-order chi connectivity index (χ1) is 20.4. The Morgan fingerprint density at radius 2 is 1.42 bits per heavy atom. The zero-order chi connectivity index (χ0) is 31.6. The summed E-state index contributed by atoms with van der Waals surface area (Å²) in [5.74, 6) is 1.89. The first-order valence-corrected chi connectivity index (χ1v) is 14.6. The fraction of sp³-hybridized carbons (Fsp3) is 0.361. The number of ether oxygens (including phenoxy) is 1. The lowest BCUT2D eigenvalue weighted by Gasteiger charge is -2.45. The van der Waals surface area contributed by atoms with E-state index in [-0.39, 0.29) is 18.9 Å². The number of hydrogen-bond acceptors (Lipinski definition) is 4. The van der Waals surface area contributed by atoms with Crippen LogP contribution in [0.1, 0.15) is 76.3 Å². The summed E-state index contributed by atoms with van der Waals surface area (Å²) in [5.41, 5.74) is 1.23. The largest absolute Gasteiger partial charge is 0.444 e. The Labute approximate surface area is 256 Å². The maximum Gasteiger partial charge on any atom is 0.408 e. The van der Waals surface area contributed by atoms with Crippen LogP contribution in [0.4, 0.5) is 4.79 Å². The molecule has 0 saturated heterocycles. The number of benzene rings is 3. The lowest BCUT2D eigenvalue weighted by molar-refractivity contribution is -0.149. The molecule has 7 heteroatoms. The number of carbonyl (C=O) groups excluding carboxylic acids is 3. The van der Waals surface area contributed by atoms with Crippen molar-refractivity contribution in [2.45, 2.75) is 84.2 Å². The zero-order valence-corrected chi connectivity index (χ0v) is 26.0. The molecule has 2 atom stereocenters. The number of amides is 3. The van der Waals surface area contributed by atoms with Gasteiger partial charge in [0, 0.05) is 24.1 Å². The number of nitrogens with zero attached hydrogens (tertiary/aromatic N) is 1. The summed E-state index contributed by atoms with van der Waals surface area (Å²) in [5, 5.41) is 5.83. The van der Waals surface area contributed by atoms with Crippen LogP contribution in [0.3, 0.4) is 0 Å². The van der Waals surface area contributed by atoms with E-state index in [9.17, 15) is 14.4 Å². The van der Waals surface area contributed by atoms with Crippen LogP contribution in [-0.2, 0) is 27.3 Å². The second kappa shape index (κ2) is 14.6. The van der Waals surface area contributed by atoms with E-state index in [1.165, 1.54) is 0 Å². The molecule has 43 heavy (non-hydrogen) atoms. The lowest BCUT2D eigenvalue weighted by atomic mass is 9.89. The normalized spacial score (nSPS) is 12.8. The average Bonchev–Trinajstić information content (AvgIpc) is 2.98. The van der Waals surface area contributed by atoms with Crippen molar-refractivity contribution in [1.82, 2.24) is 15.5 Å². The van der Waals surface area contributed by atoms with Gasteiger partial charge in [-0.3, -0.25) is 9.59 Å². The number of carbonyl (C=O) groups is 3. The van der Waals surface area contributed by atoms with Crippen molar-refractivity contribution in [3.05, 3.63) is 107 Å². The van der Waals surface area contributed by atoms with Gasteiger partial charge >= 0.3 is 6.09 Å². The van der Waals surface area contributed by atoms with Crippen LogP contribution in [-0.4, -0.2) is 40.0 Å². The van der Waals surface area contributed by atoms with E-state index in [1.54, 1.807) is 49.9 Å². The van der Waals surface area contributed by atoms with Crippen LogP contribution < -0.4 is 10.6 Å². The van der Waals surface area contributed by atoms with Gasteiger partial charge < -0.3 is 20.3 Å². The van der Waals surface area contributed by atoms with E-state index in [0.717, 1.165) is 11.1 Å². The van der Waals surface area contributed by atoms with Crippen molar-refractivity contribution >= 4 is 17.9 Å². The molecule has 0 fully saturated rings. The zero-order valence-electron chi connectivity index (χ0n) is 26.0. The van der Waals surface area contributed by atoms with Gasteiger partial charge in [0.1, 0.15) is 17.7 Å². The van der Waals surface area contributed by atoms with Crippen LogP contribution in [0.2, 0.25) is 0 Å². The molecular weight excluding hydrogens is 538 g/mol. The van der Waals surface area contributed by atoms with Crippen LogP contribution in [0.5, 0.6) is 0 Å². The molecule has 0 heterocycles. The minimum absolute atomic E-state index is 0.199. The maximum atomic E-state index is 14.8. The van der Waals surface area contributed by atoms with Gasteiger partial charge in [0.25, 0.3) is 0 Å². The van der Waals surface area contributed by atoms with Gasteiger partial charge in [0.05, 0.1) is 0 Å². The summed E-state index contributed by atoms with van der Waals surface area (Å²) in [6, 6.07) is 24.0. The number of nitrogens with one attached hydrogen (secondary N) is 2. The molecule has 0 spiro atoms. The highest BCUT2D eigenvalue weighted by molar-refractivity contribution is 5.93. The number of alkyl carbamates (subject to hydrolysis) is 1. The first-order valence-electron chi connectivity index (χ1n) is 14.6. The topological polar surface area (TPSA) is 87.7 Å². The molecule has 2 N–H and O–H groups in total. The monoisotopic (exact) mass is 581 g/mol. The molecule has 3 amide bonds. The smallest absolute Gasteiger partial charge is 0.408 e. The minimum atomic E-state index is -1.07. The van der Waals surface area contributed by atoms with Gasteiger partial charge in [-0.2, -0.15) is 0 Å². The van der Waals surface area contributed by atoms with Crippen LogP contribution >= 0.6 is 0 Å². The third kappa shape index (κ3) is 9.21. The molecule has 3 aromatic carbocycles. The Morgan fingerprint density at radius 3 is 1.98 bits per heavy atom. The van der Waals surface area contributed by atoms with Gasteiger partial charge in [-0.15, -0.1) is 6.42 Å². The van der Waals surface area contributed by atoms with Gasteiger partial charge in [0.15, 0.2) is 0 Å². The average molecular weight is 582 g/mol. The van der Waals surface area contributed by atoms with Gasteiger partial charge in [0.2, 0.25) is 11.8 Å². The van der Waals surface area contributed by atoms with Crippen molar-refractivity contribution in [3.8, 4) is 12.3 Å². The Hall–Kier alpha value is -4.57. The van der Waals surface area contributed by atoms with E-state index in [0.29, 0.717) is 17.5 Å². The van der Waals surface area contributed by atoms with E-state index in [1.807, 2.05) is 81.4 Å². The third-order valence-electron chi connectivity index (χ3n) is 7.25. The predicted octanol–water partition coefficient (Wildman–Crippen LogP) is 6.18. The van der Waals surface area contributed by atoms with Crippen LogP contribution in [0.15, 0.2) is 84.9 Å². The molecule has 0 aromatic heterocycles. The number of terminal acetylenes is 1. The van der Waals surface area contributed by atoms with Crippen molar-refractivity contribution in [3.63, 3.8) is 0 Å². The van der Waals surface area contributed by atoms with Crippen molar-refractivity contribution in [2.24, 2.45) is 0 Å². The Morgan fingerprint density at radius 1 is 0.860 bits per heavy atom. The van der Waals surface area contributed by atoms with Gasteiger partial charge in [-0.05, 0) is 63.8 Å². The van der Waals surface area contributed by atoms with E-state index >= 15 is 0 Å². The van der Waals surface area contributed by atoms with E-state index < -0.39 is 35.2 Å². The highest BCUT2D eigenvalue weighted by Crippen LogP contribution is 2.34. The van der Waals surface area contributed by atoms with E-state index in [4.69, 9.17) is 11.2 Å². The maximum absolute atomic E-state index is 14.8. The molecule has 226 valence electrons. The molecule has 0 aliphatic rings. The summed E-state index contributed by atoms with van der Waals surface area (Å²) in [7, 11) is 0. The molecule has 7 nitrogen and oxygen atoms in total. The van der Waals surface area contributed by atoms with Crippen molar-refractivity contribution < 1.29 is 19.1 Å². The molecule has 3 rings (SSSR count). The van der Waals surface area contributed by atoms with E-state index in [2.05, 4.69) is 16.6 Å². The second-order valence-electron chi connectivity index (χ2n) is 12.1. The van der Waals surface area contributed by atoms with Crippen LogP contribution in [0, 0.1) is 12.3 Å². The van der Waals surface area contributed by atoms with Crippen molar-refractivity contribution in [1.29, 1.82) is 0 Å². The van der Waals surface area contributed by atoms with Crippen molar-refractivity contribution in [2.75, 3.05) is 0 Å². The lowest BCUT2D eigenvalue weighted by Crippen LogP contribution is -2.60. The highest BCUT2D eigenvalue weighted by Gasteiger charge is 2.43. The fourth-order valence-corrected chi connectivity index (χ4v) is 4.76. The highest BCUT2D eigenvalue weighted by atomic mass is 16.6. The second-order valence-corrected chi connectivity index (χ2v) is 12.1. The number of rotatable bonds is 11. The quantitative estimate of drug-likeness (QED) is 0.265. The minimum Gasteiger partial charge on any atom is -0.444 e. The Balaban J connectivity index is 2.13. The third-order valence-corrected chi connectivity index (χ3v) is 7.25. The summed E-state index contributed by atoms with van der Waals surface area (Å²) < 4.78 is 5.54. The molecule has 0 aliphatic heterocycles. The molecule has 3 aromatic rings. The Bertz CT molecular complexity index is 1420. The fourth-order valence-electron chi connectivity index (χ4n) is 4.76. The number of hydrogen-bond donors (Lipinski definition) is 2. The molecular formula is C36H43N3O4. The predicted molar refractivity (Wildman–Crippen MR) is 170 cm³/mol. The first kappa shape index (κ1) is 32.9. The Kier molecular flexibility index (Phi) is 11.1. The molecule has 0 saturated carbocycles.